The molecular weight excluding hydrogens is 455 g/mol. The number of amides is 1. The number of aromatic nitrogens is 2. The number of nitrogens with zero attached hydrogens (tertiary/aromatic N) is 2. The van der Waals surface area contributed by atoms with Crippen LogP contribution in [0.15, 0.2) is 18.5 Å². The molecule has 0 bridgehead atoms. The highest BCUT2D eigenvalue weighted by Crippen LogP contribution is 2.42. The Balaban J connectivity index is 1.53. The summed E-state index contributed by atoms with van der Waals surface area (Å²) in [5, 5.41) is 14.6. The van der Waals surface area contributed by atoms with Gasteiger partial charge in [0.2, 0.25) is 0 Å². The molecule has 2 fully saturated rings. The summed E-state index contributed by atoms with van der Waals surface area (Å²) in [5.74, 6) is -1.33. The number of aliphatic hydroxyl groups is 1. The van der Waals surface area contributed by atoms with Gasteiger partial charge in [-0.3, -0.25) is 4.79 Å². The summed E-state index contributed by atoms with van der Waals surface area (Å²) in [4.78, 5) is 20.5. The van der Waals surface area contributed by atoms with Crippen LogP contribution in [0.2, 0.25) is 0 Å². The van der Waals surface area contributed by atoms with Gasteiger partial charge in [-0.25, -0.2) is 18.7 Å². The molecule has 2 aromatic heterocycles. The van der Waals surface area contributed by atoms with Crippen molar-refractivity contribution in [3.05, 3.63) is 29.0 Å². The van der Waals surface area contributed by atoms with E-state index in [2.05, 4.69) is 20.6 Å². The number of aliphatic hydroxyl groups excluding tert-OH is 1. The Kier molecular flexibility index (Phi) is 6.35. The molecule has 6 nitrogen and oxygen atoms in total. The fraction of sp³-hybridized carbons (Fsp3) is 0.550. The van der Waals surface area contributed by atoms with Crippen molar-refractivity contribution < 1.29 is 31.9 Å². The zero-order valence-electron chi connectivity index (χ0n) is 16.7. The quantitative estimate of drug-likeness (QED) is 0.511. The number of nitrogens with one attached hydrogen (secondary N) is 2. The third-order valence-corrected chi connectivity index (χ3v) is 6.66. The van der Waals surface area contributed by atoms with Crippen molar-refractivity contribution in [1.82, 2.24) is 15.3 Å². The zero-order valence-corrected chi connectivity index (χ0v) is 17.5. The van der Waals surface area contributed by atoms with Crippen molar-refractivity contribution in [2.24, 2.45) is 5.92 Å². The minimum Gasteiger partial charge on any atom is -0.393 e. The van der Waals surface area contributed by atoms with Crippen LogP contribution in [0, 0.1) is 5.92 Å². The second kappa shape index (κ2) is 8.89. The highest BCUT2D eigenvalue weighted by atomic mass is 32.1. The number of thiazole rings is 1. The molecule has 3 N–H and O–H groups in total. The van der Waals surface area contributed by atoms with E-state index in [-0.39, 0.29) is 27.3 Å². The molecule has 174 valence electrons. The second-order valence-electron chi connectivity index (χ2n) is 8.13. The van der Waals surface area contributed by atoms with E-state index in [1.54, 1.807) is 0 Å². The molecule has 2 aromatic rings. The van der Waals surface area contributed by atoms with Gasteiger partial charge in [-0.05, 0) is 44.1 Å². The Bertz CT molecular complexity index is 979. The van der Waals surface area contributed by atoms with Gasteiger partial charge in [0, 0.05) is 29.6 Å². The lowest BCUT2D eigenvalue weighted by Crippen LogP contribution is -2.38. The molecule has 0 aliphatic heterocycles. The molecule has 2 aliphatic rings. The molecule has 12 heteroatoms. The van der Waals surface area contributed by atoms with Crippen LogP contribution in [0.25, 0.3) is 10.4 Å². The monoisotopic (exact) mass is 476 g/mol. The lowest BCUT2D eigenvalue weighted by Gasteiger charge is -2.22. The van der Waals surface area contributed by atoms with Crippen molar-refractivity contribution in [3.63, 3.8) is 0 Å². The van der Waals surface area contributed by atoms with Crippen LogP contribution in [0.3, 0.4) is 0 Å². The maximum atomic E-state index is 13.7. The lowest BCUT2D eigenvalue weighted by atomic mass is 10.1. The Labute approximate surface area is 184 Å². The smallest absolute Gasteiger partial charge is 0.393 e. The van der Waals surface area contributed by atoms with E-state index in [0.29, 0.717) is 32.1 Å². The largest absolute Gasteiger partial charge is 0.408 e. The molecule has 2 heterocycles. The van der Waals surface area contributed by atoms with E-state index in [0.717, 1.165) is 23.6 Å². The van der Waals surface area contributed by atoms with Crippen molar-refractivity contribution in [2.75, 3.05) is 5.32 Å². The summed E-state index contributed by atoms with van der Waals surface area (Å²) < 4.78 is 67.2. The second-order valence-corrected chi connectivity index (χ2v) is 9.16. The maximum absolute atomic E-state index is 13.7. The van der Waals surface area contributed by atoms with Gasteiger partial charge in [0.25, 0.3) is 12.3 Å². The third kappa shape index (κ3) is 5.17. The predicted octanol–water partition coefficient (Wildman–Crippen LogP) is 4.54. The number of pyridine rings is 1. The number of rotatable bonds is 7. The number of halogens is 5. The van der Waals surface area contributed by atoms with E-state index in [4.69, 9.17) is 0 Å². The Morgan fingerprint density at radius 2 is 1.91 bits per heavy atom. The van der Waals surface area contributed by atoms with Gasteiger partial charge < -0.3 is 15.7 Å². The minimum absolute atomic E-state index is 0.00775. The molecule has 3 atom stereocenters. The molecule has 0 aromatic carbocycles. The first-order chi connectivity index (χ1) is 15.1. The summed E-state index contributed by atoms with van der Waals surface area (Å²) in [6.45, 7) is 0. The van der Waals surface area contributed by atoms with Crippen molar-refractivity contribution in [3.8, 4) is 10.4 Å². The van der Waals surface area contributed by atoms with Crippen molar-refractivity contribution in [2.45, 2.75) is 62.9 Å². The SMILES string of the molecule is O=C(N[C@H]1CC[C@H](O)C1)c1ncc(-c2cnc(N[C@@H](C3CC3)C(F)(F)F)cc2C(F)F)s1. The zero-order chi connectivity index (χ0) is 23.0. The molecule has 4 rings (SSSR count). The Hall–Kier alpha value is -2.34. The van der Waals surface area contributed by atoms with E-state index in [1.807, 2.05) is 0 Å². The van der Waals surface area contributed by atoms with Gasteiger partial charge in [0.15, 0.2) is 5.01 Å². The fourth-order valence-electron chi connectivity index (χ4n) is 3.83. The summed E-state index contributed by atoms with van der Waals surface area (Å²) in [6, 6.07) is -1.10. The Morgan fingerprint density at radius 3 is 2.50 bits per heavy atom. The first-order valence-electron chi connectivity index (χ1n) is 10.2. The van der Waals surface area contributed by atoms with Crippen molar-refractivity contribution >= 4 is 23.1 Å². The molecule has 32 heavy (non-hydrogen) atoms. The van der Waals surface area contributed by atoms with E-state index < -0.39 is 42.1 Å². The average molecular weight is 476 g/mol. The molecule has 2 saturated carbocycles. The molecule has 0 saturated heterocycles. The minimum atomic E-state index is -4.51. The van der Waals surface area contributed by atoms with Gasteiger partial charge in [0.1, 0.15) is 11.9 Å². The van der Waals surface area contributed by atoms with Crippen LogP contribution >= 0.6 is 11.3 Å². The average Bonchev–Trinajstić information content (AvgIpc) is 3.28. The number of carbonyl (C=O) groups excluding carboxylic acids is 1. The van der Waals surface area contributed by atoms with Crippen molar-refractivity contribution in [1.29, 1.82) is 0 Å². The fourth-order valence-corrected chi connectivity index (χ4v) is 4.68. The number of alkyl halides is 5. The van der Waals surface area contributed by atoms with Gasteiger partial charge >= 0.3 is 6.18 Å². The van der Waals surface area contributed by atoms with Crippen LogP contribution in [0.1, 0.15) is 53.9 Å². The van der Waals surface area contributed by atoms with Crippen LogP contribution < -0.4 is 10.6 Å². The molecule has 0 spiro atoms. The number of hydrogen-bond donors (Lipinski definition) is 3. The Morgan fingerprint density at radius 1 is 1.16 bits per heavy atom. The van der Waals surface area contributed by atoms with Gasteiger partial charge in [0.05, 0.1) is 11.0 Å². The summed E-state index contributed by atoms with van der Waals surface area (Å²) in [6.07, 6.45) is -3.08. The third-order valence-electron chi connectivity index (χ3n) is 5.63. The van der Waals surface area contributed by atoms with E-state index in [9.17, 15) is 31.9 Å². The summed E-state index contributed by atoms with van der Waals surface area (Å²) in [7, 11) is 0. The van der Waals surface area contributed by atoms with Crippen LogP contribution in [0.4, 0.5) is 27.8 Å². The van der Waals surface area contributed by atoms with Crippen LogP contribution in [-0.4, -0.2) is 45.3 Å². The number of carbonyl (C=O) groups is 1. The first kappa shape index (κ1) is 22.8. The van der Waals surface area contributed by atoms with Gasteiger partial charge in [-0.15, -0.1) is 11.3 Å². The summed E-state index contributed by atoms with van der Waals surface area (Å²) >= 11 is 0.889. The van der Waals surface area contributed by atoms with E-state index >= 15 is 0 Å². The predicted molar refractivity (Wildman–Crippen MR) is 108 cm³/mol. The highest BCUT2D eigenvalue weighted by molar-refractivity contribution is 7.17. The maximum Gasteiger partial charge on any atom is 0.408 e. The molecule has 2 aliphatic carbocycles. The summed E-state index contributed by atoms with van der Waals surface area (Å²) in [5.41, 5.74) is -0.484. The highest BCUT2D eigenvalue weighted by Gasteiger charge is 2.49. The molecule has 0 radical (unpaired) electrons. The topological polar surface area (TPSA) is 87.1 Å². The lowest BCUT2D eigenvalue weighted by molar-refractivity contribution is -0.146. The van der Waals surface area contributed by atoms with Gasteiger partial charge in [-0.2, -0.15) is 13.2 Å². The first-order valence-corrected chi connectivity index (χ1v) is 11.0. The molecule has 1 amide bonds. The van der Waals surface area contributed by atoms with Crippen LogP contribution in [-0.2, 0) is 0 Å². The van der Waals surface area contributed by atoms with E-state index in [1.165, 1.54) is 6.20 Å². The number of hydrogen-bond acceptors (Lipinski definition) is 6. The van der Waals surface area contributed by atoms with Gasteiger partial charge in [-0.1, -0.05) is 0 Å². The normalized spacial score (nSPS) is 22.2. The number of anilines is 1. The standard InChI is InChI=1S/C20H21F5N4O2S/c21-17(22)12-6-15(29-16(9-1-2-9)20(23,24)25)26-7-13(12)14-8-27-19(32-14)18(31)28-10-3-4-11(30)5-10/h6-11,16-17,30H,1-5H2,(H,26,29)(H,28,31)/t10-,11-,16-/m0/s1. The molecule has 0 unspecified atom stereocenters. The van der Waals surface area contributed by atoms with Crippen LogP contribution in [0.5, 0.6) is 0 Å². The molecular formula is C20H21F5N4O2S.